The highest BCUT2D eigenvalue weighted by Crippen LogP contribution is 2.38. The maximum atomic E-state index is 12.5. The van der Waals surface area contributed by atoms with Gasteiger partial charge in [-0.3, -0.25) is 4.79 Å². The number of hydrogen-bond donors (Lipinski definition) is 2. The first kappa shape index (κ1) is 25.3. The summed E-state index contributed by atoms with van der Waals surface area (Å²) in [6.07, 6.45) is 2.79. The zero-order valence-corrected chi connectivity index (χ0v) is 22.7. The van der Waals surface area contributed by atoms with E-state index < -0.39 is 0 Å². The minimum Gasteiger partial charge on any atom is -0.486 e. The van der Waals surface area contributed by atoms with Gasteiger partial charge < -0.3 is 15.4 Å². The second-order valence-electron chi connectivity index (χ2n) is 7.51. The Hall–Kier alpha value is -1.83. The molecule has 176 valence electrons. The van der Waals surface area contributed by atoms with E-state index in [1.165, 1.54) is 17.3 Å². The minimum absolute atomic E-state index is 0.141. The monoisotopic (exact) mass is 596 g/mol. The normalized spacial score (nSPS) is 16.6. The van der Waals surface area contributed by atoms with Crippen LogP contribution in [0.25, 0.3) is 6.08 Å². The number of anilines is 1. The summed E-state index contributed by atoms with van der Waals surface area (Å²) in [6, 6.07) is 17.0. The van der Waals surface area contributed by atoms with E-state index in [9.17, 15) is 4.79 Å². The smallest absolute Gasteiger partial charge is 0.260 e. The number of benzene rings is 3. The first-order valence-electron chi connectivity index (χ1n) is 10.4. The van der Waals surface area contributed by atoms with Crippen molar-refractivity contribution in [2.24, 2.45) is 0 Å². The number of thioether (sulfide) groups is 1. The zero-order chi connectivity index (χ0) is 24.2. The van der Waals surface area contributed by atoms with Gasteiger partial charge in [0.1, 0.15) is 6.61 Å². The number of ether oxygens (including phenoxy) is 1. The molecule has 0 unspecified atom stereocenters. The molecule has 0 saturated carbocycles. The van der Waals surface area contributed by atoms with Crippen molar-refractivity contribution < 1.29 is 9.53 Å². The second-order valence-corrected chi connectivity index (χ2v) is 10.8. The predicted octanol–water partition coefficient (Wildman–Crippen LogP) is 8.15. The third-order valence-electron chi connectivity index (χ3n) is 5.10. The van der Waals surface area contributed by atoms with E-state index in [1.54, 1.807) is 24.3 Å². The summed E-state index contributed by atoms with van der Waals surface area (Å²) in [5.41, 5.74) is 3.53. The molecule has 1 aliphatic heterocycles. The number of carbonyl (C=O) groups excluding carboxylic acids is 1. The SMILES string of the molecule is CCc1ccc(N[C@H]2NC(=O)/C(=C/c3cc(Cl)c(OCc4ccc(Cl)cc4Cl)c(Br)c3)S2)cc1. The van der Waals surface area contributed by atoms with Gasteiger partial charge in [0.15, 0.2) is 11.2 Å². The molecule has 1 saturated heterocycles. The molecule has 0 aromatic heterocycles. The second kappa shape index (κ2) is 11.3. The molecule has 4 nitrogen and oxygen atoms in total. The maximum Gasteiger partial charge on any atom is 0.260 e. The van der Waals surface area contributed by atoms with Gasteiger partial charge in [-0.05, 0) is 76.0 Å². The Balaban J connectivity index is 1.44. The van der Waals surface area contributed by atoms with Gasteiger partial charge in [0.2, 0.25) is 0 Å². The predicted molar refractivity (Wildman–Crippen MR) is 147 cm³/mol. The van der Waals surface area contributed by atoms with Crippen molar-refractivity contribution in [3.63, 3.8) is 0 Å². The number of hydrogen-bond acceptors (Lipinski definition) is 4. The van der Waals surface area contributed by atoms with Gasteiger partial charge in [-0.25, -0.2) is 0 Å². The molecule has 0 bridgehead atoms. The Morgan fingerprint density at radius 1 is 1.09 bits per heavy atom. The standard InChI is InChI=1S/C25H20BrCl3N2O2S/c1-2-14-3-7-18(8-4-14)30-25-31-24(32)22(34-25)11-15-9-19(26)23(21(29)10-15)33-13-16-5-6-17(27)12-20(16)28/h3-12,25,30H,2,13H2,1H3,(H,31,32)/b22-11-/t25-/m0/s1. The summed E-state index contributed by atoms with van der Waals surface area (Å²) >= 11 is 23.6. The highest BCUT2D eigenvalue weighted by Gasteiger charge is 2.27. The van der Waals surface area contributed by atoms with E-state index in [0.29, 0.717) is 30.2 Å². The molecule has 2 N–H and O–H groups in total. The van der Waals surface area contributed by atoms with E-state index >= 15 is 0 Å². The molecule has 0 aliphatic carbocycles. The Morgan fingerprint density at radius 2 is 1.85 bits per heavy atom. The van der Waals surface area contributed by atoms with Gasteiger partial charge in [0.25, 0.3) is 5.91 Å². The van der Waals surface area contributed by atoms with E-state index in [0.717, 1.165) is 23.2 Å². The average molecular weight is 599 g/mol. The number of nitrogens with one attached hydrogen (secondary N) is 2. The number of amides is 1. The van der Waals surface area contributed by atoms with E-state index in [1.807, 2.05) is 24.3 Å². The van der Waals surface area contributed by atoms with E-state index in [4.69, 9.17) is 39.5 Å². The van der Waals surface area contributed by atoms with E-state index in [-0.39, 0.29) is 18.0 Å². The number of carbonyl (C=O) groups is 1. The van der Waals surface area contributed by atoms with Crippen molar-refractivity contribution in [1.82, 2.24) is 5.32 Å². The molecule has 1 aliphatic rings. The number of aryl methyl sites for hydroxylation is 1. The van der Waals surface area contributed by atoms with Gasteiger partial charge in [-0.2, -0.15) is 0 Å². The molecular formula is C25H20BrCl3N2O2S. The molecule has 4 rings (SSSR count). The minimum atomic E-state index is -0.253. The van der Waals surface area contributed by atoms with E-state index in [2.05, 4.69) is 45.6 Å². The summed E-state index contributed by atoms with van der Waals surface area (Å²) in [7, 11) is 0. The lowest BCUT2D eigenvalue weighted by molar-refractivity contribution is -0.116. The van der Waals surface area contributed by atoms with Crippen molar-refractivity contribution in [3.8, 4) is 5.75 Å². The summed E-state index contributed by atoms with van der Waals surface area (Å²) in [5, 5.41) is 7.77. The summed E-state index contributed by atoms with van der Waals surface area (Å²) in [6.45, 7) is 2.35. The largest absolute Gasteiger partial charge is 0.486 e. The first-order chi connectivity index (χ1) is 16.3. The van der Waals surface area contributed by atoms with Gasteiger partial charge in [-0.1, -0.05) is 71.7 Å². The quantitative estimate of drug-likeness (QED) is 0.270. The lowest BCUT2D eigenvalue weighted by Crippen LogP contribution is -2.30. The van der Waals surface area contributed by atoms with Crippen molar-refractivity contribution in [1.29, 1.82) is 0 Å². The summed E-state index contributed by atoms with van der Waals surface area (Å²) in [4.78, 5) is 13.1. The Morgan fingerprint density at radius 3 is 2.53 bits per heavy atom. The molecule has 1 atom stereocenters. The fourth-order valence-corrected chi connectivity index (χ4v) is 5.73. The molecule has 0 radical (unpaired) electrons. The van der Waals surface area contributed by atoms with Crippen LogP contribution in [0.4, 0.5) is 5.69 Å². The molecule has 3 aromatic rings. The van der Waals surface area contributed by atoms with Gasteiger partial charge in [0.05, 0.1) is 14.4 Å². The zero-order valence-electron chi connectivity index (χ0n) is 18.0. The third kappa shape index (κ3) is 6.23. The molecule has 34 heavy (non-hydrogen) atoms. The van der Waals surface area contributed by atoms with Crippen LogP contribution in [0, 0.1) is 0 Å². The highest BCUT2D eigenvalue weighted by atomic mass is 79.9. The molecule has 0 spiro atoms. The van der Waals surface area contributed by atoms with Crippen molar-refractivity contribution in [2.75, 3.05) is 5.32 Å². The van der Waals surface area contributed by atoms with Crippen LogP contribution in [0.1, 0.15) is 23.6 Å². The van der Waals surface area contributed by atoms with Gasteiger partial charge >= 0.3 is 0 Å². The summed E-state index contributed by atoms with van der Waals surface area (Å²) in [5.74, 6) is 0.353. The van der Waals surface area contributed by atoms with Crippen LogP contribution < -0.4 is 15.4 Å². The van der Waals surface area contributed by atoms with Crippen LogP contribution >= 0.6 is 62.5 Å². The van der Waals surface area contributed by atoms with Crippen LogP contribution in [0.2, 0.25) is 15.1 Å². The molecule has 1 amide bonds. The van der Waals surface area contributed by atoms with Crippen molar-refractivity contribution >= 4 is 80.2 Å². The maximum absolute atomic E-state index is 12.5. The fourth-order valence-electron chi connectivity index (χ4n) is 3.29. The van der Waals surface area contributed by atoms with Gasteiger partial charge in [-0.15, -0.1) is 0 Å². The van der Waals surface area contributed by atoms with Crippen LogP contribution in [0.5, 0.6) is 5.75 Å². The Kier molecular flexibility index (Phi) is 8.38. The van der Waals surface area contributed by atoms with Crippen LogP contribution in [0.3, 0.4) is 0 Å². The topological polar surface area (TPSA) is 50.4 Å². The fraction of sp³-hybridized carbons (Fsp3) is 0.160. The molecule has 9 heteroatoms. The molecule has 1 heterocycles. The third-order valence-corrected chi connectivity index (χ3v) is 7.58. The van der Waals surface area contributed by atoms with Crippen LogP contribution in [-0.2, 0) is 17.8 Å². The lowest BCUT2D eigenvalue weighted by Gasteiger charge is -2.13. The summed E-state index contributed by atoms with van der Waals surface area (Å²) < 4.78 is 6.57. The van der Waals surface area contributed by atoms with Crippen molar-refractivity contribution in [3.05, 3.63) is 95.7 Å². The van der Waals surface area contributed by atoms with Crippen molar-refractivity contribution in [2.45, 2.75) is 25.4 Å². The Labute approximate surface area is 226 Å². The first-order valence-corrected chi connectivity index (χ1v) is 13.2. The highest BCUT2D eigenvalue weighted by molar-refractivity contribution is 9.10. The average Bonchev–Trinajstić information content (AvgIpc) is 3.13. The Bertz CT molecular complexity index is 1230. The van der Waals surface area contributed by atoms with Gasteiger partial charge in [0, 0.05) is 21.3 Å². The van der Waals surface area contributed by atoms with Crippen LogP contribution in [0.15, 0.2) is 64.0 Å². The van der Waals surface area contributed by atoms with Crippen LogP contribution in [-0.4, -0.2) is 11.4 Å². The number of rotatable bonds is 7. The number of halogens is 4. The molecule has 3 aromatic carbocycles. The lowest BCUT2D eigenvalue weighted by atomic mass is 10.1. The molecule has 1 fully saturated rings. The molecular weight excluding hydrogens is 579 g/mol.